The van der Waals surface area contributed by atoms with Crippen molar-refractivity contribution in [2.75, 3.05) is 12.4 Å². The third-order valence-corrected chi connectivity index (χ3v) is 5.42. The van der Waals surface area contributed by atoms with E-state index in [-0.39, 0.29) is 5.91 Å². The number of fused-ring (bicyclic) bond motifs is 1. The molecule has 128 valence electrons. The van der Waals surface area contributed by atoms with Crippen LogP contribution >= 0.6 is 23.2 Å². The number of H-pyrrole nitrogens is 1. The summed E-state index contributed by atoms with van der Waals surface area (Å²) in [6.07, 6.45) is 3.47. The first-order chi connectivity index (χ1) is 12.0. The lowest BCUT2D eigenvalue weighted by atomic mass is 9.94. The highest BCUT2D eigenvalue weighted by atomic mass is 35.5. The zero-order valence-corrected chi connectivity index (χ0v) is 15.0. The Hall–Kier alpha value is -2.17. The van der Waals surface area contributed by atoms with E-state index in [9.17, 15) is 4.79 Å². The Morgan fingerprint density at radius 2 is 1.92 bits per heavy atom. The number of nitrogens with one attached hydrogen (secondary N) is 2. The van der Waals surface area contributed by atoms with Crippen molar-refractivity contribution < 1.29 is 9.53 Å². The number of benzene rings is 2. The van der Waals surface area contributed by atoms with E-state index in [1.54, 1.807) is 25.3 Å². The first kappa shape index (κ1) is 16.3. The number of halogens is 2. The molecule has 0 saturated heterocycles. The number of aromatic nitrogens is 1. The summed E-state index contributed by atoms with van der Waals surface area (Å²) in [5.41, 5.74) is 1.85. The number of hydrogen-bond donors (Lipinski definition) is 2. The number of carbonyl (C=O) groups excluding carboxylic acids is 1. The zero-order valence-electron chi connectivity index (χ0n) is 13.5. The second kappa shape index (κ2) is 5.97. The number of carbonyl (C=O) groups is 1. The second-order valence-corrected chi connectivity index (χ2v) is 7.06. The molecular formula is C19H16Cl2N2O2. The van der Waals surface area contributed by atoms with Crippen molar-refractivity contribution in [1.29, 1.82) is 0 Å². The molecule has 1 aliphatic rings. The van der Waals surface area contributed by atoms with Crippen LogP contribution in [-0.4, -0.2) is 18.0 Å². The smallest absolute Gasteiger partial charge is 0.235 e. The summed E-state index contributed by atoms with van der Waals surface area (Å²) in [7, 11) is 1.63. The molecule has 1 heterocycles. The minimum Gasteiger partial charge on any atom is -0.497 e. The van der Waals surface area contributed by atoms with E-state index in [0.29, 0.717) is 15.7 Å². The number of para-hydroxylation sites is 1. The van der Waals surface area contributed by atoms with Gasteiger partial charge in [-0.15, -0.1) is 0 Å². The third kappa shape index (κ3) is 2.66. The largest absolute Gasteiger partial charge is 0.497 e. The highest BCUT2D eigenvalue weighted by molar-refractivity contribution is 6.39. The minimum absolute atomic E-state index is 0.0915. The fourth-order valence-corrected chi connectivity index (χ4v) is 3.71. The SMILES string of the molecule is COc1ccc2[nH]cc(C3(C(=O)Nc4c(Cl)cccc4Cl)CC3)c2c1. The number of amides is 1. The Balaban J connectivity index is 1.72. The maximum Gasteiger partial charge on any atom is 0.235 e. The van der Waals surface area contributed by atoms with Crippen molar-refractivity contribution in [1.82, 2.24) is 4.98 Å². The van der Waals surface area contributed by atoms with E-state index in [0.717, 1.165) is 35.1 Å². The monoisotopic (exact) mass is 374 g/mol. The van der Waals surface area contributed by atoms with Crippen LogP contribution in [0.4, 0.5) is 5.69 Å². The summed E-state index contributed by atoms with van der Waals surface area (Å²) in [5, 5.41) is 4.77. The van der Waals surface area contributed by atoms with Gasteiger partial charge in [0.05, 0.1) is 28.3 Å². The number of aromatic amines is 1. The molecule has 2 aromatic carbocycles. The molecule has 1 aromatic heterocycles. The molecule has 1 saturated carbocycles. The topological polar surface area (TPSA) is 54.1 Å². The van der Waals surface area contributed by atoms with Gasteiger partial charge < -0.3 is 15.0 Å². The summed E-state index contributed by atoms with van der Waals surface area (Å²) in [6, 6.07) is 11.0. The molecule has 6 heteroatoms. The van der Waals surface area contributed by atoms with Gasteiger partial charge in [0, 0.05) is 17.1 Å². The highest BCUT2D eigenvalue weighted by Gasteiger charge is 2.52. The molecule has 1 aliphatic carbocycles. The van der Waals surface area contributed by atoms with Crippen molar-refractivity contribution in [3.63, 3.8) is 0 Å². The van der Waals surface area contributed by atoms with Crippen LogP contribution in [0.15, 0.2) is 42.6 Å². The van der Waals surface area contributed by atoms with Crippen LogP contribution < -0.4 is 10.1 Å². The number of methoxy groups -OCH3 is 1. The molecule has 3 aromatic rings. The average Bonchev–Trinajstić information content (AvgIpc) is 3.31. The van der Waals surface area contributed by atoms with Gasteiger partial charge in [-0.25, -0.2) is 0 Å². The van der Waals surface area contributed by atoms with Crippen LogP contribution in [-0.2, 0) is 10.2 Å². The van der Waals surface area contributed by atoms with Gasteiger partial charge >= 0.3 is 0 Å². The van der Waals surface area contributed by atoms with Gasteiger partial charge in [-0.3, -0.25) is 4.79 Å². The molecule has 4 rings (SSSR count). The molecule has 25 heavy (non-hydrogen) atoms. The van der Waals surface area contributed by atoms with Crippen LogP contribution in [0.3, 0.4) is 0 Å². The van der Waals surface area contributed by atoms with Crippen LogP contribution in [0.2, 0.25) is 10.0 Å². The summed E-state index contributed by atoms with van der Waals surface area (Å²) in [5.74, 6) is 0.671. The molecule has 0 unspecified atom stereocenters. The lowest BCUT2D eigenvalue weighted by Gasteiger charge is -2.16. The molecule has 0 radical (unpaired) electrons. The van der Waals surface area contributed by atoms with E-state index in [4.69, 9.17) is 27.9 Å². The number of ether oxygens (including phenoxy) is 1. The van der Waals surface area contributed by atoms with Crippen LogP contribution in [0.25, 0.3) is 10.9 Å². The number of hydrogen-bond acceptors (Lipinski definition) is 2. The Kier molecular flexibility index (Phi) is 3.89. The first-order valence-corrected chi connectivity index (χ1v) is 8.72. The van der Waals surface area contributed by atoms with Crippen molar-refractivity contribution in [3.8, 4) is 5.75 Å². The van der Waals surface area contributed by atoms with Crippen molar-refractivity contribution in [2.24, 2.45) is 0 Å². The molecular weight excluding hydrogens is 359 g/mol. The average molecular weight is 375 g/mol. The van der Waals surface area contributed by atoms with Crippen LogP contribution in [0.5, 0.6) is 5.75 Å². The number of anilines is 1. The first-order valence-electron chi connectivity index (χ1n) is 7.96. The predicted molar refractivity (Wildman–Crippen MR) is 101 cm³/mol. The lowest BCUT2D eigenvalue weighted by Crippen LogP contribution is -2.27. The molecule has 0 bridgehead atoms. The molecule has 1 amide bonds. The van der Waals surface area contributed by atoms with E-state index < -0.39 is 5.41 Å². The normalized spacial score (nSPS) is 15.2. The van der Waals surface area contributed by atoms with Crippen molar-refractivity contribution >= 4 is 45.7 Å². The van der Waals surface area contributed by atoms with Gasteiger partial charge in [-0.05, 0) is 48.7 Å². The van der Waals surface area contributed by atoms with Gasteiger partial charge in [-0.1, -0.05) is 29.3 Å². The third-order valence-electron chi connectivity index (χ3n) is 4.79. The maximum absolute atomic E-state index is 13.0. The predicted octanol–water partition coefficient (Wildman–Crippen LogP) is 5.15. The van der Waals surface area contributed by atoms with Gasteiger partial charge in [0.25, 0.3) is 0 Å². The fourth-order valence-electron chi connectivity index (χ4n) is 3.22. The van der Waals surface area contributed by atoms with Gasteiger partial charge in [-0.2, -0.15) is 0 Å². The Morgan fingerprint density at radius 1 is 1.20 bits per heavy atom. The van der Waals surface area contributed by atoms with E-state index in [1.165, 1.54) is 0 Å². The van der Waals surface area contributed by atoms with Crippen LogP contribution in [0.1, 0.15) is 18.4 Å². The van der Waals surface area contributed by atoms with Gasteiger partial charge in [0.15, 0.2) is 0 Å². The van der Waals surface area contributed by atoms with Gasteiger partial charge in [0.2, 0.25) is 5.91 Å². The molecule has 0 aliphatic heterocycles. The molecule has 2 N–H and O–H groups in total. The zero-order chi connectivity index (χ0) is 17.6. The standard InChI is InChI=1S/C19H16Cl2N2O2/c1-25-11-5-6-16-12(9-11)13(10-22-16)19(7-8-19)18(24)23-17-14(20)3-2-4-15(17)21/h2-6,9-10,22H,7-8H2,1H3,(H,23,24). The molecule has 4 nitrogen and oxygen atoms in total. The van der Waals surface area contributed by atoms with E-state index in [1.807, 2.05) is 24.4 Å². The Labute approximate surface area is 155 Å². The summed E-state index contributed by atoms with van der Waals surface area (Å²) in [4.78, 5) is 16.3. The van der Waals surface area contributed by atoms with E-state index in [2.05, 4.69) is 10.3 Å². The molecule has 0 atom stereocenters. The number of rotatable bonds is 4. The molecule has 0 spiro atoms. The van der Waals surface area contributed by atoms with Crippen molar-refractivity contribution in [3.05, 3.63) is 58.2 Å². The lowest BCUT2D eigenvalue weighted by molar-refractivity contribution is -0.118. The Bertz CT molecular complexity index is 956. The quantitative estimate of drug-likeness (QED) is 0.662. The van der Waals surface area contributed by atoms with Crippen molar-refractivity contribution in [2.45, 2.75) is 18.3 Å². The second-order valence-electron chi connectivity index (χ2n) is 6.25. The van der Waals surface area contributed by atoms with E-state index >= 15 is 0 Å². The summed E-state index contributed by atoms with van der Waals surface area (Å²) < 4.78 is 5.32. The van der Waals surface area contributed by atoms with Gasteiger partial charge in [0.1, 0.15) is 5.75 Å². The van der Waals surface area contributed by atoms with Crippen LogP contribution in [0, 0.1) is 0 Å². The summed E-state index contributed by atoms with van der Waals surface area (Å²) >= 11 is 12.4. The molecule has 1 fully saturated rings. The highest BCUT2D eigenvalue weighted by Crippen LogP contribution is 2.52. The Morgan fingerprint density at radius 3 is 2.56 bits per heavy atom. The summed E-state index contributed by atoms with van der Waals surface area (Å²) in [6.45, 7) is 0. The maximum atomic E-state index is 13.0. The minimum atomic E-state index is -0.562. The fraction of sp³-hybridized carbons (Fsp3) is 0.211.